The van der Waals surface area contributed by atoms with Gasteiger partial charge in [0.05, 0.1) is 33.3 Å². The molecule has 3 amide bonds. The van der Waals surface area contributed by atoms with Crippen molar-refractivity contribution in [3.8, 4) is 0 Å². The van der Waals surface area contributed by atoms with E-state index in [4.69, 9.17) is 34.8 Å². The fourth-order valence-electron chi connectivity index (χ4n) is 6.09. The molecule has 4 aliphatic heterocycles. The van der Waals surface area contributed by atoms with Crippen molar-refractivity contribution >= 4 is 63.9 Å². The number of carbonyl (C=O) groups is 3. The van der Waals surface area contributed by atoms with Gasteiger partial charge in [-0.3, -0.25) is 19.3 Å². The van der Waals surface area contributed by atoms with Crippen LogP contribution in [0.1, 0.15) is 18.4 Å². The van der Waals surface area contributed by atoms with Crippen LogP contribution in [0.2, 0.25) is 15.1 Å². The third-order valence-corrected chi connectivity index (χ3v) is 8.00. The van der Waals surface area contributed by atoms with E-state index in [-0.39, 0.29) is 28.6 Å². The van der Waals surface area contributed by atoms with Crippen molar-refractivity contribution in [2.75, 3.05) is 16.8 Å². The van der Waals surface area contributed by atoms with Crippen LogP contribution in [0.3, 0.4) is 0 Å². The third-order valence-electron chi connectivity index (χ3n) is 7.13. The molecule has 3 fully saturated rings. The molecule has 158 valence electrons. The van der Waals surface area contributed by atoms with Crippen LogP contribution in [0.4, 0.5) is 11.4 Å². The lowest BCUT2D eigenvalue weighted by Gasteiger charge is -2.36. The van der Waals surface area contributed by atoms with Crippen LogP contribution in [0.25, 0.3) is 0 Å². The van der Waals surface area contributed by atoms with E-state index < -0.39 is 23.3 Å². The summed E-state index contributed by atoms with van der Waals surface area (Å²) < 4.78 is 0. The third kappa shape index (κ3) is 2.26. The molecular weight excluding hydrogens is 461 g/mol. The summed E-state index contributed by atoms with van der Waals surface area (Å²) in [6.07, 6.45) is 1.58. The highest BCUT2D eigenvalue weighted by atomic mass is 35.5. The minimum absolute atomic E-state index is 0.208. The van der Waals surface area contributed by atoms with E-state index in [1.54, 1.807) is 24.3 Å². The monoisotopic (exact) mass is 475 g/mol. The van der Waals surface area contributed by atoms with Crippen molar-refractivity contribution in [1.29, 1.82) is 0 Å². The molecule has 4 heterocycles. The first-order valence-electron chi connectivity index (χ1n) is 10.1. The molecule has 6 nitrogen and oxygen atoms in total. The molecule has 0 aromatic heterocycles. The van der Waals surface area contributed by atoms with Crippen molar-refractivity contribution < 1.29 is 14.4 Å². The number of rotatable bonds is 1. The van der Waals surface area contributed by atoms with Gasteiger partial charge in [-0.25, -0.2) is 4.90 Å². The highest BCUT2D eigenvalue weighted by molar-refractivity contribution is 6.38. The second-order valence-electron chi connectivity index (χ2n) is 8.40. The summed E-state index contributed by atoms with van der Waals surface area (Å²) in [5.41, 5.74) is 0.158. The Balaban J connectivity index is 1.58. The first kappa shape index (κ1) is 19.6. The van der Waals surface area contributed by atoms with Gasteiger partial charge in [0.25, 0.3) is 5.91 Å². The first-order valence-corrected chi connectivity index (χ1v) is 11.2. The molecule has 9 heteroatoms. The van der Waals surface area contributed by atoms with Crippen LogP contribution in [0.5, 0.6) is 0 Å². The molecule has 4 aliphatic rings. The van der Waals surface area contributed by atoms with E-state index in [0.29, 0.717) is 27.8 Å². The number of hydrogen-bond acceptors (Lipinski definition) is 4. The average Bonchev–Trinajstić information content (AvgIpc) is 3.44. The lowest BCUT2D eigenvalue weighted by Crippen LogP contribution is -2.54. The zero-order chi connectivity index (χ0) is 21.7. The van der Waals surface area contributed by atoms with Crippen LogP contribution in [-0.2, 0) is 19.9 Å². The van der Waals surface area contributed by atoms with Gasteiger partial charge in [-0.15, -0.1) is 0 Å². The Morgan fingerprint density at radius 2 is 1.81 bits per heavy atom. The van der Waals surface area contributed by atoms with E-state index in [9.17, 15) is 14.4 Å². The number of carbonyl (C=O) groups excluding carboxylic acids is 3. The highest BCUT2D eigenvalue weighted by Crippen LogP contribution is 2.61. The molecule has 4 atom stereocenters. The summed E-state index contributed by atoms with van der Waals surface area (Å²) in [5.74, 6) is -2.58. The maximum Gasteiger partial charge on any atom is 0.250 e. The average molecular weight is 477 g/mol. The molecular formula is C22H16Cl3N3O3. The van der Waals surface area contributed by atoms with Gasteiger partial charge in [0.2, 0.25) is 11.8 Å². The molecule has 6 rings (SSSR count). The van der Waals surface area contributed by atoms with Crippen LogP contribution in [-0.4, -0.2) is 35.2 Å². The van der Waals surface area contributed by atoms with Crippen LogP contribution in [0, 0.1) is 11.8 Å². The molecule has 0 saturated carbocycles. The molecule has 1 N–H and O–H groups in total. The Kier molecular flexibility index (Phi) is 4.07. The van der Waals surface area contributed by atoms with Crippen molar-refractivity contribution in [3.05, 3.63) is 57.0 Å². The molecule has 0 aliphatic carbocycles. The number of fused-ring (bicyclic) bond motifs is 7. The van der Waals surface area contributed by atoms with Gasteiger partial charge >= 0.3 is 0 Å². The standard InChI is InChI=1S/C22H16Cl3N3O3/c23-10-6-7-12(24)15(9-10)28-19(29)16-14-5-2-8-27(14)22(17(16)20(28)30)11-3-1-4-13(25)18(11)26-21(22)31/h1,3-4,6-7,9,14,16-17H,2,5,8H2,(H,26,31)/t14-,16+,17+,22-/m0/s1. The first-order chi connectivity index (χ1) is 14.9. The number of para-hydroxylation sites is 1. The smallest absolute Gasteiger partial charge is 0.250 e. The summed E-state index contributed by atoms with van der Waals surface area (Å²) in [5, 5.41) is 3.92. The fourth-order valence-corrected chi connectivity index (χ4v) is 6.68. The number of nitrogens with one attached hydrogen (secondary N) is 1. The molecule has 2 aromatic rings. The zero-order valence-electron chi connectivity index (χ0n) is 16.1. The van der Waals surface area contributed by atoms with Crippen molar-refractivity contribution in [2.45, 2.75) is 24.4 Å². The maximum atomic E-state index is 13.9. The minimum Gasteiger partial charge on any atom is -0.323 e. The van der Waals surface area contributed by atoms with Gasteiger partial charge in [0.1, 0.15) is 5.54 Å². The number of benzene rings is 2. The quantitative estimate of drug-likeness (QED) is 0.630. The maximum absolute atomic E-state index is 13.9. The van der Waals surface area contributed by atoms with Crippen LogP contribution in [0.15, 0.2) is 36.4 Å². The summed E-state index contributed by atoms with van der Waals surface area (Å²) in [6, 6.07) is 9.76. The minimum atomic E-state index is -1.27. The topological polar surface area (TPSA) is 69.7 Å². The molecule has 31 heavy (non-hydrogen) atoms. The number of amides is 3. The molecule has 0 bridgehead atoms. The lowest BCUT2D eigenvalue weighted by atomic mass is 9.75. The Hall–Kier alpha value is -2.12. The van der Waals surface area contributed by atoms with E-state index in [2.05, 4.69) is 5.32 Å². The van der Waals surface area contributed by atoms with E-state index >= 15 is 0 Å². The Morgan fingerprint density at radius 1 is 1.00 bits per heavy atom. The number of hydrogen-bond donors (Lipinski definition) is 1. The summed E-state index contributed by atoms with van der Waals surface area (Å²) >= 11 is 18.9. The molecule has 2 aromatic carbocycles. The molecule has 3 saturated heterocycles. The van der Waals surface area contributed by atoms with Crippen LogP contribution < -0.4 is 10.2 Å². The summed E-state index contributed by atoms with van der Waals surface area (Å²) in [6.45, 7) is 0.634. The number of anilines is 2. The normalized spacial score (nSPS) is 31.4. The predicted octanol–water partition coefficient (Wildman–Crippen LogP) is 4.08. The van der Waals surface area contributed by atoms with Crippen molar-refractivity contribution in [1.82, 2.24) is 4.90 Å². The largest absolute Gasteiger partial charge is 0.323 e. The van der Waals surface area contributed by atoms with Gasteiger partial charge in [-0.1, -0.05) is 46.9 Å². The van der Waals surface area contributed by atoms with Gasteiger partial charge in [-0.05, 0) is 43.7 Å². The summed E-state index contributed by atoms with van der Waals surface area (Å²) in [7, 11) is 0. The highest BCUT2D eigenvalue weighted by Gasteiger charge is 2.74. The Morgan fingerprint density at radius 3 is 2.61 bits per heavy atom. The zero-order valence-corrected chi connectivity index (χ0v) is 18.3. The van der Waals surface area contributed by atoms with Gasteiger partial charge in [0, 0.05) is 16.6 Å². The number of halogens is 3. The Bertz CT molecular complexity index is 1200. The van der Waals surface area contributed by atoms with Gasteiger partial charge in [-0.2, -0.15) is 0 Å². The van der Waals surface area contributed by atoms with Crippen molar-refractivity contribution in [2.24, 2.45) is 11.8 Å². The van der Waals surface area contributed by atoms with Crippen molar-refractivity contribution in [3.63, 3.8) is 0 Å². The molecule has 0 radical (unpaired) electrons. The lowest BCUT2D eigenvalue weighted by molar-refractivity contribution is -0.135. The predicted molar refractivity (Wildman–Crippen MR) is 117 cm³/mol. The van der Waals surface area contributed by atoms with E-state index in [1.165, 1.54) is 6.07 Å². The SMILES string of the molecule is O=C1[C@@H]2[C@@H]3CCCN3[C@]3(C(=O)Nc4c(Cl)cccc43)[C@H]2C(=O)N1c1cc(Cl)ccc1Cl. The fraction of sp³-hybridized carbons (Fsp3) is 0.318. The van der Waals surface area contributed by atoms with Crippen LogP contribution >= 0.6 is 34.8 Å². The molecule has 1 spiro atoms. The molecule has 0 unspecified atom stereocenters. The second kappa shape index (κ2) is 6.45. The number of nitrogens with zero attached hydrogens (tertiary/aromatic N) is 2. The van der Waals surface area contributed by atoms with E-state index in [1.807, 2.05) is 11.0 Å². The van der Waals surface area contributed by atoms with Gasteiger partial charge < -0.3 is 5.32 Å². The Labute approximate surface area is 193 Å². The second-order valence-corrected chi connectivity index (χ2v) is 9.65. The summed E-state index contributed by atoms with van der Waals surface area (Å²) in [4.78, 5) is 44.2. The van der Waals surface area contributed by atoms with Gasteiger partial charge in [0.15, 0.2) is 0 Å². The number of imide groups is 1. The van der Waals surface area contributed by atoms with E-state index in [0.717, 1.165) is 17.7 Å².